The van der Waals surface area contributed by atoms with E-state index in [2.05, 4.69) is 21.2 Å². The van der Waals surface area contributed by atoms with Crippen LogP contribution in [0.3, 0.4) is 0 Å². The molecule has 0 aromatic heterocycles. The van der Waals surface area contributed by atoms with E-state index in [9.17, 15) is 9.59 Å². The number of hydrogen-bond donors (Lipinski definition) is 1. The molecule has 0 bridgehead atoms. The molecular weight excluding hydrogens is 380 g/mol. The zero-order valence-electron chi connectivity index (χ0n) is 13.7. The van der Waals surface area contributed by atoms with Crippen molar-refractivity contribution in [3.8, 4) is 0 Å². The molecule has 1 aliphatic rings. The van der Waals surface area contributed by atoms with E-state index >= 15 is 0 Å². The topological polar surface area (TPSA) is 49.4 Å². The molecule has 2 rings (SSSR count). The minimum atomic E-state index is -0.439. The third kappa shape index (κ3) is 4.70. The van der Waals surface area contributed by atoms with Crippen LogP contribution in [0.15, 0.2) is 22.7 Å². The number of piperidine rings is 1. The van der Waals surface area contributed by atoms with Gasteiger partial charge in [-0.3, -0.25) is 9.59 Å². The Morgan fingerprint density at radius 1 is 1.30 bits per heavy atom. The number of likely N-dealkylation sites (tertiary alicyclic amines) is 1. The van der Waals surface area contributed by atoms with E-state index < -0.39 is 6.04 Å². The molecule has 2 amide bonds. The summed E-state index contributed by atoms with van der Waals surface area (Å²) < 4.78 is 0.790. The van der Waals surface area contributed by atoms with E-state index in [0.717, 1.165) is 17.3 Å². The molecule has 6 heteroatoms. The maximum atomic E-state index is 12.9. The first-order valence-corrected chi connectivity index (χ1v) is 8.94. The highest BCUT2D eigenvalue weighted by Crippen LogP contribution is 2.26. The van der Waals surface area contributed by atoms with Gasteiger partial charge < -0.3 is 10.2 Å². The van der Waals surface area contributed by atoms with Crippen molar-refractivity contribution in [2.24, 2.45) is 0 Å². The number of nitrogens with one attached hydrogen (secondary N) is 1. The number of amides is 2. The molecule has 0 saturated carbocycles. The smallest absolute Gasteiger partial charge is 0.256 e. The zero-order chi connectivity index (χ0) is 17.2. The molecule has 1 N–H and O–H groups in total. The van der Waals surface area contributed by atoms with Gasteiger partial charge in [-0.25, -0.2) is 0 Å². The fourth-order valence-corrected chi connectivity index (χ4v) is 3.28. The third-order valence-corrected chi connectivity index (χ3v) is 4.55. The highest BCUT2D eigenvalue weighted by atomic mass is 79.9. The number of benzene rings is 1. The van der Waals surface area contributed by atoms with Crippen LogP contribution < -0.4 is 5.32 Å². The summed E-state index contributed by atoms with van der Waals surface area (Å²) in [6.07, 6.45) is 2.52. The summed E-state index contributed by atoms with van der Waals surface area (Å²) in [6.45, 7) is 6.38. The van der Waals surface area contributed by atoms with Crippen LogP contribution in [-0.2, 0) is 4.79 Å². The Kier molecular flexibility index (Phi) is 5.74. The van der Waals surface area contributed by atoms with Crippen LogP contribution in [0.5, 0.6) is 0 Å². The fraction of sp³-hybridized carbons (Fsp3) is 0.529. The summed E-state index contributed by atoms with van der Waals surface area (Å²) in [4.78, 5) is 27.1. The maximum Gasteiger partial charge on any atom is 0.256 e. The first-order chi connectivity index (χ1) is 10.7. The van der Waals surface area contributed by atoms with Gasteiger partial charge in [0.2, 0.25) is 5.91 Å². The SMILES string of the molecule is CC(C)(C)NC(=O)C1CCCCN1C(=O)c1cc(Br)ccc1Cl. The Labute approximate surface area is 150 Å². The Bertz CT molecular complexity index is 613. The van der Waals surface area contributed by atoms with Gasteiger partial charge in [0.05, 0.1) is 10.6 Å². The number of hydrogen-bond acceptors (Lipinski definition) is 2. The van der Waals surface area contributed by atoms with Crippen LogP contribution >= 0.6 is 27.5 Å². The second-order valence-corrected chi connectivity index (χ2v) is 8.20. The minimum Gasteiger partial charge on any atom is -0.350 e. The molecule has 1 heterocycles. The molecule has 1 aliphatic heterocycles. The maximum absolute atomic E-state index is 12.9. The molecule has 0 radical (unpaired) electrons. The highest BCUT2D eigenvalue weighted by Gasteiger charge is 2.34. The Balaban J connectivity index is 2.25. The van der Waals surface area contributed by atoms with Gasteiger partial charge in [0.1, 0.15) is 6.04 Å². The van der Waals surface area contributed by atoms with Gasteiger partial charge in [-0.15, -0.1) is 0 Å². The lowest BCUT2D eigenvalue weighted by molar-refractivity contribution is -0.128. The molecule has 0 aliphatic carbocycles. The summed E-state index contributed by atoms with van der Waals surface area (Å²) in [5.74, 6) is -0.290. The average Bonchev–Trinajstić information content (AvgIpc) is 2.47. The Hall–Kier alpha value is -1.07. The highest BCUT2D eigenvalue weighted by molar-refractivity contribution is 9.10. The number of halogens is 2. The van der Waals surface area contributed by atoms with Gasteiger partial charge in [-0.2, -0.15) is 0 Å². The molecule has 1 aromatic carbocycles. The third-order valence-electron chi connectivity index (χ3n) is 3.72. The van der Waals surface area contributed by atoms with Gasteiger partial charge in [0.25, 0.3) is 5.91 Å². The molecule has 4 nitrogen and oxygen atoms in total. The van der Waals surface area contributed by atoms with E-state index in [4.69, 9.17) is 11.6 Å². The summed E-state index contributed by atoms with van der Waals surface area (Å²) >= 11 is 9.54. The predicted octanol–water partition coefficient (Wildman–Crippen LogP) is 4.01. The van der Waals surface area contributed by atoms with Crippen molar-refractivity contribution in [3.63, 3.8) is 0 Å². The van der Waals surface area contributed by atoms with Crippen molar-refractivity contribution < 1.29 is 9.59 Å². The van der Waals surface area contributed by atoms with Crippen molar-refractivity contribution in [1.82, 2.24) is 10.2 Å². The summed E-state index contributed by atoms with van der Waals surface area (Å²) in [6, 6.07) is 4.75. The molecule has 23 heavy (non-hydrogen) atoms. The largest absolute Gasteiger partial charge is 0.350 e. The first kappa shape index (κ1) is 18.3. The first-order valence-electron chi connectivity index (χ1n) is 7.77. The fourth-order valence-electron chi connectivity index (χ4n) is 2.72. The molecule has 1 saturated heterocycles. The molecule has 126 valence electrons. The number of carbonyl (C=O) groups is 2. The van der Waals surface area contributed by atoms with Gasteiger partial charge in [0, 0.05) is 16.6 Å². The monoisotopic (exact) mass is 400 g/mol. The van der Waals surface area contributed by atoms with Crippen molar-refractivity contribution >= 4 is 39.3 Å². The van der Waals surface area contributed by atoms with Gasteiger partial charge in [-0.05, 0) is 58.2 Å². The van der Waals surface area contributed by atoms with Crippen LogP contribution in [0.1, 0.15) is 50.4 Å². The van der Waals surface area contributed by atoms with Crippen LogP contribution in [0.25, 0.3) is 0 Å². The molecule has 1 fully saturated rings. The molecular formula is C17H22BrClN2O2. The van der Waals surface area contributed by atoms with Crippen LogP contribution in [0, 0.1) is 0 Å². The van der Waals surface area contributed by atoms with E-state index in [-0.39, 0.29) is 17.4 Å². The Morgan fingerprint density at radius 3 is 2.65 bits per heavy atom. The minimum absolute atomic E-state index is 0.100. The van der Waals surface area contributed by atoms with E-state index in [1.165, 1.54) is 0 Å². The van der Waals surface area contributed by atoms with Gasteiger partial charge in [0.15, 0.2) is 0 Å². The van der Waals surface area contributed by atoms with Crippen LogP contribution in [-0.4, -0.2) is 34.8 Å². The summed E-state index contributed by atoms with van der Waals surface area (Å²) in [7, 11) is 0. The molecule has 1 atom stereocenters. The van der Waals surface area contributed by atoms with Crippen molar-refractivity contribution in [3.05, 3.63) is 33.3 Å². The predicted molar refractivity (Wildman–Crippen MR) is 95.7 cm³/mol. The van der Waals surface area contributed by atoms with Crippen molar-refractivity contribution in [2.75, 3.05) is 6.54 Å². The second kappa shape index (κ2) is 7.22. The Morgan fingerprint density at radius 2 is 2.00 bits per heavy atom. The lowest BCUT2D eigenvalue weighted by Gasteiger charge is -2.36. The number of nitrogens with zero attached hydrogens (tertiary/aromatic N) is 1. The normalized spacial score (nSPS) is 18.7. The number of rotatable bonds is 2. The summed E-state index contributed by atoms with van der Waals surface area (Å²) in [5, 5.41) is 3.38. The second-order valence-electron chi connectivity index (χ2n) is 6.87. The van der Waals surface area contributed by atoms with E-state index in [0.29, 0.717) is 23.6 Å². The number of carbonyl (C=O) groups excluding carboxylic acids is 2. The van der Waals surface area contributed by atoms with Gasteiger partial charge in [-0.1, -0.05) is 27.5 Å². The van der Waals surface area contributed by atoms with Gasteiger partial charge >= 0.3 is 0 Å². The standard InChI is InChI=1S/C17H22BrClN2O2/c1-17(2,3)20-15(22)14-6-4-5-9-21(14)16(23)12-10-11(18)7-8-13(12)19/h7-8,10,14H,4-6,9H2,1-3H3,(H,20,22). The van der Waals surface area contributed by atoms with Crippen LogP contribution in [0.4, 0.5) is 0 Å². The molecule has 1 unspecified atom stereocenters. The quantitative estimate of drug-likeness (QED) is 0.814. The van der Waals surface area contributed by atoms with Crippen LogP contribution in [0.2, 0.25) is 5.02 Å². The zero-order valence-corrected chi connectivity index (χ0v) is 16.0. The van der Waals surface area contributed by atoms with E-state index in [1.807, 2.05) is 20.8 Å². The van der Waals surface area contributed by atoms with E-state index in [1.54, 1.807) is 23.1 Å². The lowest BCUT2D eigenvalue weighted by atomic mass is 9.98. The molecule has 1 aromatic rings. The average molecular weight is 402 g/mol. The van der Waals surface area contributed by atoms with Crippen molar-refractivity contribution in [2.45, 2.75) is 51.6 Å². The molecule has 0 spiro atoms. The van der Waals surface area contributed by atoms with Crippen molar-refractivity contribution in [1.29, 1.82) is 0 Å². The summed E-state index contributed by atoms with van der Waals surface area (Å²) in [5.41, 5.74) is 0.105. The lowest BCUT2D eigenvalue weighted by Crippen LogP contribution is -2.55.